The fourth-order valence-corrected chi connectivity index (χ4v) is 3.00. The quantitative estimate of drug-likeness (QED) is 0.896. The van der Waals surface area contributed by atoms with Crippen molar-refractivity contribution in [2.45, 2.75) is 6.42 Å². The largest absolute Gasteiger partial charge is 0.491 e. The summed E-state index contributed by atoms with van der Waals surface area (Å²) in [6, 6.07) is 6.79. The van der Waals surface area contributed by atoms with Crippen LogP contribution < -0.4 is 4.74 Å². The van der Waals surface area contributed by atoms with E-state index in [1.165, 1.54) is 17.9 Å². The molecule has 1 aliphatic heterocycles. The van der Waals surface area contributed by atoms with Crippen LogP contribution in [0.25, 0.3) is 0 Å². The molecule has 0 unspecified atom stereocenters. The fraction of sp³-hybridized carbons (Fsp3) is 0.500. The summed E-state index contributed by atoms with van der Waals surface area (Å²) in [6.07, 6.45) is 1.22. The molecule has 0 amide bonds. The van der Waals surface area contributed by atoms with Crippen LogP contribution in [0.15, 0.2) is 24.3 Å². The second-order valence-electron chi connectivity index (χ2n) is 4.46. The van der Waals surface area contributed by atoms with Gasteiger partial charge in [-0.3, -0.25) is 4.90 Å². The van der Waals surface area contributed by atoms with Gasteiger partial charge in [0.2, 0.25) is 0 Å². The van der Waals surface area contributed by atoms with Gasteiger partial charge in [0, 0.05) is 18.8 Å². The van der Waals surface area contributed by atoms with Crippen molar-refractivity contribution >= 4 is 17.7 Å². The molecular formula is C14H19NO3S. The summed E-state index contributed by atoms with van der Waals surface area (Å²) in [4.78, 5) is 13.4. The molecule has 0 aromatic heterocycles. The zero-order valence-corrected chi connectivity index (χ0v) is 11.7. The molecule has 4 nitrogen and oxygen atoms in total. The van der Waals surface area contributed by atoms with E-state index in [4.69, 9.17) is 9.84 Å². The molecule has 0 radical (unpaired) electrons. The van der Waals surface area contributed by atoms with Crippen molar-refractivity contribution in [3.63, 3.8) is 0 Å². The number of hydrogen-bond acceptors (Lipinski definition) is 4. The van der Waals surface area contributed by atoms with Gasteiger partial charge in [-0.1, -0.05) is 12.1 Å². The number of para-hydroxylation sites is 1. The maximum absolute atomic E-state index is 11.0. The minimum Gasteiger partial charge on any atom is -0.491 e. The second kappa shape index (κ2) is 7.40. The zero-order chi connectivity index (χ0) is 13.5. The first kappa shape index (κ1) is 14.2. The first-order chi connectivity index (χ1) is 9.27. The summed E-state index contributed by atoms with van der Waals surface area (Å²) in [7, 11) is 0. The Bertz CT molecular complexity index is 417. The van der Waals surface area contributed by atoms with Crippen LogP contribution in [0, 0.1) is 0 Å². The van der Waals surface area contributed by atoms with E-state index in [-0.39, 0.29) is 5.56 Å². The molecule has 1 saturated heterocycles. The van der Waals surface area contributed by atoms with E-state index in [9.17, 15) is 4.79 Å². The normalized spacial score (nSPS) is 16.8. The molecular weight excluding hydrogens is 262 g/mol. The van der Waals surface area contributed by atoms with Gasteiger partial charge in [-0.2, -0.15) is 11.8 Å². The lowest BCUT2D eigenvalue weighted by atomic mass is 10.2. The maximum atomic E-state index is 11.0. The predicted molar refractivity (Wildman–Crippen MR) is 77.3 cm³/mol. The van der Waals surface area contributed by atoms with Gasteiger partial charge in [0.15, 0.2) is 0 Å². The van der Waals surface area contributed by atoms with Gasteiger partial charge in [-0.05, 0) is 30.9 Å². The molecule has 1 heterocycles. The molecule has 1 N–H and O–H groups in total. The number of benzene rings is 1. The van der Waals surface area contributed by atoms with Crippen LogP contribution in [0.2, 0.25) is 0 Å². The number of aromatic carboxylic acids is 1. The molecule has 0 spiro atoms. The number of carbonyl (C=O) groups is 1. The molecule has 1 aliphatic rings. The first-order valence-electron chi connectivity index (χ1n) is 6.52. The molecule has 2 rings (SSSR count). The van der Waals surface area contributed by atoms with Crippen LogP contribution >= 0.6 is 11.8 Å². The SMILES string of the molecule is O=C(O)c1ccccc1OCCN1CCCSCC1. The third-order valence-corrected chi connectivity index (χ3v) is 4.15. The van der Waals surface area contributed by atoms with Gasteiger partial charge in [-0.15, -0.1) is 0 Å². The minimum absolute atomic E-state index is 0.230. The topological polar surface area (TPSA) is 49.8 Å². The predicted octanol–water partition coefficient (Wildman–Crippen LogP) is 2.20. The second-order valence-corrected chi connectivity index (χ2v) is 5.68. The number of rotatable bonds is 5. The molecule has 1 aromatic carbocycles. The van der Waals surface area contributed by atoms with Crippen LogP contribution in [-0.4, -0.2) is 53.7 Å². The first-order valence-corrected chi connectivity index (χ1v) is 7.68. The highest BCUT2D eigenvalue weighted by molar-refractivity contribution is 7.99. The average molecular weight is 281 g/mol. The van der Waals surface area contributed by atoms with E-state index in [1.807, 2.05) is 11.8 Å². The van der Waals surface area contributed by atoms with Gasteiger partial charge in [-0.25, -0.2) is 4.79 Å². The number of hydrogen-bond donors (Lipinski definition) is 1. The summed E-state index contributed by atoms with van der Waals surface area (Å²) in [5.41, 5.74) is 0.230. The Morgan fingerprint density at radius 1 is 1.32 bits per heavy atom. The van der Waals surface area contributed by atoms with Gasteiger partial charge in [0.25, 0.3) is 0 Å². The molecule has 104 valence electrons. The Hall–Kier alpha value is -1.20. The van der Waals surface area contributed by atoms with E-state index in [0.717, 1.165) is 19.6 Å². The Morgan fingerprint density at radius 2 is 2.16 bits per heavy atom. The van der Waals surface area contributed by atoms with Crippen molar-refractivity contribution < 1.29 is 14.6 Å². The third-order valence-electron chi connectivity index (χ3n) is 3.10. The summed E-state index contributed by atoms with van der Waals surface area (Å²) < 4.78 is 5.61. The van der Waals surface area contributed by atoms with E-state index in [1.54, 1.807) is 24.3 Å². The highest BCUT2D eigenvalue weighted by Crippen LogP contribution is 2.18. The van der Waals surface area contributed by atoms with Crippen LogP contribution in [0.5, 0.6) is 5.75 Å². The molecule has 1 fully saturated rings. The minimum atomic E-state index is -0.943. The van der Waals surface area contributed by atoms with Crippen molar-refractivity contribution in [3.8, 4) is 5.75 Å². The van der Waals surface area contributed by atoms with Crippen LogP contribution in [-0.2, 0) is 0 Å². The summed E-state index contributed by atoms with van der Waals surface area (Å²) in [5, 5.41) is 9.06. The monoisotopic (exact) mass is 281 g/mol. The van der Waals surface area contributed by atoms with E-state index in [0.29, 0.717) is 12.4 Å². The molecule has 1 aromatic rings. The van der Waals surface area contributed by atoms with Crippen LogP contribution in [0.3, 0.4) is 0 Å². The number of ether oxygens (including phenoxy) is 1. The molecule has 5 heteroatoms. The summed E-state index contributed by atoms with van der Waals surface area (Å²) >= 11 is 2.00. The fourth-order valence-electron chi connectivity index (χ4n) is 2.08. The van der Waals surface area contributed by atoms with Gasteiger partial charge >= 0.3 is 5.97 Å². The maximum Gasteiger partial charge on any atom is 0.339 e. The highest BCUT2D eigenvalue weighted by atomic mass is 32.2. The van der Waals surface area contributed by atoms with E-state index < -0.39 is 5.97 Å². The highest BCUT2D eigenvalue weighted by Gasteiger charge is 2.12. The number of carboxylic acids is 1. The van der Waals surface area contributed by atoms with Gasteiger partial charge in [0.1, 0.15) is 17.9 Å². The Morgan fingerprint density at radius 3 is 3.00 bits per heavy atom. The van der Waals surface area contributed by atoms with Crippen LogP contribution in [0.1, 0.15) is 16.8 Å². The summed E-state index contributed by atoms with van der Waals surface area (Å²) in [6.45, 7) is 3.59. The number of nitrogens with zero attached hydrogens (tertiary/aromatic N) is 1. The number of thioether (sulfide) groups is 1. The van der Waals surface area contributed by atoms with Gasteiger partial charge in [0.05, 0.1) is 0 Å². The lowest BCUT2D eigenvalue weighted by molar-refractivity contribution is 0.0691. The standard InChI is InChI=1S/C14H19NO3S/c16-14(17)12-4-1-2-5-13(12)18-9-7-15-6-3-10-19-11-8-15/h1-2,4-5H,3,6-11H2,(H,16,17). The molecule has 0 aliphatic carbocycles. The lowest BCUT2D eigenvalue weighted by Gasteiger charge is -2.19. The summed E-state index contributed by atoms with van der Waals surface area (Å²) in [5.74, 6) is 1.92. The molecule has 0 atom stereocenters. The average Bonchev–Trinajstić information content (AvgIpc) is 2.68. The van der Waals surface area contributed by atoms with Crippen molar-refractivity contribution in [1.82, 2.24) is 4.90 Å². The molecule has 19 heavy (non-hydrogen) atoms. The van der Waals surface area contributed by atoms with Gasteiger partial charge < -0.3 is 9.84 Å². The van der Waals surface area contributed by atoms with E-state index in [2.05, 4.69) is 4.90 Å². The van der Waals surface area contributed by atoms with Crippen molar-refractivity contribution in [2.24, 2.45) is 0 Å². The van der Waals surface area contributed by atoms with Crippen molar-refractivity contribution in [3.05, 3.63) is 29.8 Å². The zero-order valence-electron chi connectivity index (χ0n) is 10.9. The van der Waals surface area contributed by atoms with Crippen LogP contribution in [0.4, 0.5) is 0 Å². The lowest BCUT2D eigenvalue weighted by Crippen LogP contribution is -2.30. The van der Waals surface area contributed by atoms with E-state index >= 15 is 0 Å². The Labute approximate surface area is 117 Å². The number of carboxylic acid groups (broad SMARTS) is 1. The third kappa shape index (κ3) is 4.44. The molecule has 0 saturated carbocycles. The van der Waals surface area contributed by atoms with Crippen molar-refractivity contribution in [2.75, 3.05) is 37.7 Å². The van der Waals surface area contributed by atoms with Crippen molar-refractivity contribution in [1.29, 1.82) is 0 Å². The smallest absolute Gasteiger partial charge is 0.339 e. The Kier molecular flexibility index (Phi) is 5.54. The molecule has 0 bridgehead atoms. The Balaban J connectivity index is 1.83.